The van der Waals surface area contributed by atoms with Crippen molar-refractivity contribution >= 4 is 6.09 Å². The number of hydrogen-bond acceptors (Lipinski definition) is 2. The zero-order chi connectivity index (χ0) is 9.97. The summed E-state index contributed by atoms with van der Waals surface area (Å²) in [5, 5.41) is 0. The summed E-state index contributed by atoms with van der Waals surface area (Å²) in [6.45, 7) is 2.23. The van der Waals surface area contributed by atoms with Gasteiger partial charge >= 0.3 is 6.09 Å². The number of allylic oxidation sites excluding steroid dienone is 2. The fraction of sp³-hybridized carbons (Fsp3) is 0.364. The second kappa shape index (κ2) is 3.70. The van der Waals surface area contributed by atoms with Crippen LogP contribution in [0.5, 0.6) is 0 Å². The lowest BCUT2D eigenvalue weighted by atomic mass is 9.97. The fourth-order valence-corrected chi connectivity index (χ4v) is 1.74. The van der Waals surface area contributed by atoms with Crippen molar-refractivity contribution < 1.29 is 9.53 Å². The lowest BCUT2D eigenvalue weighted by Gasteiger charge is -2.24. The van der Waals surface area contributed by atoms with Gasteiger partial charge in [0, 0.05) is 12.1 Å². The molecule has 1 amide bonds. The second-order valence-corrected chi connectivity index (χ2v) is 3.29. The molecule has 2 atom stereocenters. The van der Waals surface area contributed by atoms with E-state index in [0.717, 1.165) is 0 Å². The van der Waals surface area contributed by atoms with Crippen LogP contribution in [0.4, 0.5) is 4.79 Å². The molecule has 1 aliphatic heterocycles. The van der Waals surface area contributed by atoms with Crippen molar-refractivity contribution in [2.24, 2.45) is 5.92 Å². The van der Waals surface area contributed by atoms with Crippen LogP contribution in [0.3, 0.4) is 0 Å². The average Bonchev–Trinajstić information content (AvgIpc) is 2.61. The first-order chi connectivity index (χ1) is 6.83. The highest BCUT2D eigenvalue weighted by molar-refractivity contribution is 5.70. The van der Waals surface area contributed by atoms with Gasteiger partial charge in [-0.15, -0.1) is 0 Å². The molecular weight excluding hydrogens is 178 g/mol. The van der Waals surface area contributed by atoms with Crippen LogP contribution in [-0.4, -0.2) is 23.6 Å². The summed E-state index contributed by atoms with van der Waals surface area (Å²) in [7, 11) is 0. The molecule has 14 heavy (non-hydrogen) atoms. The standard InChI is InChI=1S/C11H13NO2/c1-2-14-11(13)12-8-7-9-5-3-4-6-10(9)12/h3-10H,2H2,1H3/t9-,10-/m1/s1. The molecule has 0 saturated heterocycles. The Morgan fingerprint density at radius 2 is 2.14 bits per heavy atom. The van der Waals surface area contributed by atoms with Gasteiger partial charge in [-0.2, -0.15) is 0 Å². The maximum absolute atomic E-state index is 11.5. The first-order valence-electron chi connectivity index (χ1n) is 4.81. The molecule has 3 nitrogen and oxygen atoms in total. The van der Waals surface area contributed by atoms with Crippen LogP contribution in [-0.2, 0) is 4.74 Å². The summed E-state index contributed by atoms with van der Waals surface area (Å²) >= 11 is 0. The molecule has 2 rings (SSSR count). The molecule has 0 N–H and O–H groups in total. The summed E-state index contributed by atoms with van der Waals surface area (Å²) in [6.07, 6.45) is 11.6. The Hall–Kier alpha value is -1.51. The highest BCUT2D eigenvalue weighted by Crippen LogP contribution is 2.26. The molecule has 0 saturated carbocycles. The number of hydrogen-bond donors (Lipinski definition) is 0. The van der Waals surface area contributed by atoms with Crippen molar-refractivity contribution in [3.63, 3.8) is 0 Å². The summed E-state index contributed by atoms with van der Waals surface area (Å²) in [5.74, 6) is 0.310. The van der Waals surface area contributed by atoms with Crippen molar-refractivity contribution in [3.8, 4) is 0 Å². The monoisotopic (exact) mass is 191 g/mol. The van der Waals surface area contributed by atoms with E-state index in [2.05, 4.69) is 6.08 Å². The molecule has 0 fully saturated rings. The van der Waals surface area contributed by atoms with Crippen molar-refractivity contribution in [1.29, 1.82) is 0 Å². The number of rotatable bonds is 1. The van der Waals surface area contributed by atoms with Crippen LogP contribution in [0, 0.1) is 5.92 Å². The molecule has 0 radical (unpaired) electrons. The van der Waals surface area contributed by atoms with Gasteiger partial charge in [-0.05, 0) is 6.92 Å². The summed E-state index contributed by atoms with van der Waals surface area (Å²) in [5.41, 5.74) is 0. The van der Waals surface area contributed by atoms with Crippen molar-refractivity contribution in [2.75, 3.05) is 6.61 Å². The van der Waals surface area contributed by atoms with Crippen LogP contribution in [0.15, 0.2) is 36.6 Å². The van der Waals surface area contributed by atoms with E-state index >= 15 is 0 Å². The fourth-order valence-electron chi connectivity index (χ4n) is 1.74. The van der Waals surface area contributed by atoms with Crippen LogP contribution in [0.1, 0.15) is 6.92 Å². The molecule has 0 bridgehead atoms. The molecule has 2 aliphatic rings. The Balaban J connectivity index is 2.09. The first-order valence-corrected chi connectivity index (χ1v) is 4.81. The number of carbonyl (C=O) groups excluding carboxylic acids is 1. The van der Waals surface area contributed by atoms with Gasteiger partial charge in [0.15, 0.2) is 0 Å². The minimum absolute atomic E-state index is 0.110. The van der Waals surface area contributed by atoms with Crippen LogP contribution >= 0.6 is 0 Å². The van der Waals surface area contributed by atoms with E-state index in [4.69, 9.17) is 4.74 Å². The van der Waals surface area contributed by atoms with Crippen LogP contribution in [0.25, 0.3) is 0 Å². The second-order valence-electron chi connectivity index (χ2n) is 3.29. The first kappa shape index (κ1) is 9.06. The molecule has 3 heteroatoms. The third-order valence-corrected chi connectivity index (χ3v) is 2.42. The highest BCUT2D eigenvalue weighted by Gasteiger charge is 2.31. The Kier molecular flexibility index (Phi) is 2.39. The van der Waals surface area contributed by atoms with Gasteiger partial charge < -0.3 is 4.74 Å². The molecule has 1 aliphatic carbocycles. The van der Waals surface area contributed by atoms with E-state index in [-0.39, 0.29) is 12.1 Å². The summed E-state index contributed by atoms with van der Waals surface area (Å²) in [4.78, 5) is 13.1. The lowest BCUT2D eigenvalue weighted by Crippen LogP contribution is -2.35. The van der Waals surface area contributed by atoms with E-state index < -0.39 is 0 Å². The van der Waals surface area contributed by atoms with Gasteiger partial charge in [0.05, 0.1) is 12.6 Å². The van der Waals surface area contributed by atoms with E-state index in [1.165, 1.54) is 0 Å². The Morgan fingerprint density at radius 1 is 1.36 bits per heavy atom. The number of carbonyl (C=O) groups is 1. The van der Waals surface area contributed by atoms with E-state index in [0.29, 0.717) is 12.5 Å². The largest absolute Gasteiger partial charge is 0.449 e. The zero-order valence-corrected chi connectivity index (χ0v) is 8.09. The minimum atomic E-state index is -0.267. The SMILES string of the molecule is CCOC(=O)N1C=C[C@H]2C=CC=C[C@H]21. The molecule has 0 unspecified atom stereocenters. The number of amides is 1. The third-order valence-electron chi connectivity index (χ3n) is 2.42. The molecular formula is C11H13NO2. The van der Waals surface area contributed by atoms with Gasteiger partial charge in [-0.25, -0.2) is 4.79 Å². The van der Waals surface area contributed by atoms with Crippen molar-refractivity contribution in [2.45, 2.75) is 13.0 Å². The highest BCUT2D eigenvalue weighted by atomic mass is 16.6. The molecule has 74 valence electrons. The molecule has 1 heterocycles. The quantitative estimate of drug-likeness (QED) is 0.635. The minimum Gasteiger partial charge on any atom is -0.449 e. The maximum atomic E-state index is 11.5. The van der Waals surface area contributed by atoms with Gasteiger partial charge in [-0.1, -0.05) is 30.4 Å². The molecule has 0 aromatic heterocycles. The predicted octanol–water partition coefficient (Wildman–Crippen LogP) is 2.08. The normalized spacial score (nSPS) is 27.9. The van der Waals surface area contributed by atoms with Crippen molar-refractivity contribution in [3.05, 3.63) is 36.6 Å². The smallest absolute Gasteiger partial charge is 0.414 e. The van der Waals surface area contributed by atoms with Gasteiger partial charge in [0.25, 0.3) is 0 Å². The average molecular weight is 191 g/mol. The van der Waals surface area contributed by atoms with E-state index in [9.17, 15) is 4.79 Å². The molecule has 0 aromatic rings. The number of ether oxygens (including phenoxy) is 1. The van der Waals surface area contributed by atoms with Gasteiger partial charge in [0.2, 0.25) is 0 Å². The predicted molar refractivity (Wildman–Crippen MR) is 53.6 cm³/mol. The summed E-state index contributed by atoms with van der Waals surface area (Å²) < 4.78 is 4.95. The topological polar surface area (TPSA) is 29.5 Å². The number of nitrogens with zero attached hydrogens (tertiary/aromatic N) is 1. The van der Waals surface area contributed by atoms with Crippen LogP contribution in [0.2, 0.25) is 0 Å². The Morgan fingerprint density at radius 3 is 2.93 bits per heavy atom. The van der Waals surface area contributed by atoms with Crippen LogP contribution < -0.4 is 0 Å². The van der Waals surface area contributed by atoms with Gasteiger partial charge in [0.1, 0.15) is 0 Å². The third kappa shape index (κ3) is 1.45. The number of fused-ring (bicyclic) bond motifs is 1. The van der Waals surface area contributed by atoms with E-state index in [1.54, 1.807) is 11.1 Å². The maximum Gasteiger partial charge on any atom is 0.414 e. The molecule has 0 spiro atoms. The molecule has 0 aromatic carbocycles. The van der Waals surface area contributed by atoms with Gasteiger partial charge in [-0.3, -0.25) is 4.90 Å². The lowest BCUT2D eigenvalue weighted by molar-refractivity contribution is 0.116. The Labute approximate surface area is 83.3 Å². The van der Waals surface area contributed by atoms with E-state index in [1.807, 2.05) is 31.2 Å². The summed E-state index contributed by atoms with van der Waals surface area (Å²) in [6, 6.07) is 0.110. The zero-order valence-electron chi connectivity index (χ0n) is 8.09. The Bertz CT molecular complexity index is 317. The van der Waals surface area contributed by atoms with Crippen molar-refractivity contribution in [1.82, 2.24) is 4.90 Å².